The van der Waals surface area contributed by atoms with E-state index < -0.39 is 5.54 Å². The molecule has 46 heavy (non-hydrogen) atoms. The molecule has 2 heterocycles. The fourth-order valence-electron chi connectivity index (χ4n) is 7.12. The molecule has 7 rings (SSSR count). The number of rotatable bonds is 8. The Morgan fingerprint density at radius 2 is 1.26 bits per heavy atom. The van der Waals surface area contributed by atoms with Gasteiger partial charge in [0.25, 0.3) is 0 Å². The Balaban J connectivity index is 1.49. The summed E-state index contributed by atoms with van der Waals surface area (Å²) < 4.78 is 6.84. The number of ether oxygens (including phenoxy) is 1. The van der Waals surface area contributed by atoms with Gasteiger partial charge in [-0.25, -0.2) is 5.01 Å². The van der Waals surface area contributed by atoms with Crippen LogP contribution in [0.25, 0.3) is 10.8 Å². The highest BCUT2D eigenvalue weighted by Crippen LogP contribution is 2.58. The lowest BCUT2D eigenvalue weighted by Gasteiger charge is -2.43. The summed E-state index contributed by atoms with van der Waals surface area (Å²) in [5, 5.41) is 20.1. The second-order valence-corrected chi connectivity index (χ2v) is 12.1. The number of phenols is 1. The van der Waals surface area contributed by atoms with Crippen LogP contribution in [0.2, 0.25) is 0 Å². The second-order valence-electron chi connectivity index (χ2n) is 11.7. The molecule has 0 radical (unpaired) electrons. The number of hydrazone groups is 1. The Morgan fingerprint density at radius 3 is 1.85 bits per heavy atom. The summed E-state index contributed by atoms with van der Waals surface area (Å²) in [7, 11) is 0. The molecular weight excluding hydrogens is 589 g/mol. The van der Waals surface area contributed by atoms with E-state index in [9.17, 15) is 5.11 Å². The fourth-order valence-corrected chi connectivity index (χ4v) is 7.48. The summed E-state index contributed by atoms with van der Waals surface area (Å²) in [6, 6.07) is 33.1. The van der Waals surface area contributed by atoms with Crippen molar-refractivity contribution in [2.75, 3.05) is 36.0 Å². The van der Waals surface area contributed by atoms with Gasteiger partial charge < -0.3 is 19.6 Å². The first-order chi connectivity index (χ1) is 22.4. The standard InChI is InChI=1S/C39H38N4O2S/c1-5-41(6-2)29-17-19-33-36(23-29)45-37-24-30(42(7-3)8-4)18-20-34(37)39(33)32-16-12-11-15-31(32)38(46)43(39)40-25-28-21-26-13-9-10-14-27(26)22-35(28)44/h9-25,44H,5-8H2,1-4H3/b40-25+. The van der Waals surface area contributed by atoms with Gasteiger partial charge in [0, 0.05) is 71.9 Å². The molecule has 0 atom stereocenters. The van der Waals surface area contributed by atoms with Gasteiger partial charge in [0.1, 0.15) is 27.8 Å². The van der Waals surface area contributed by atoms with Gasteiger partial charge in [-0.1, -0.05) is 72.9 Å². The molecule has 1 N–H and O–H groups in total. The zero-order valence-electron chi connectivity index (χ0n) is 26.7. The van der Waals surface area contributed by atoms with E-state index in [0.717, 1.165) is 82.1 Å². The minimum absolute atomic E-state index is 0.166. The first kappa shape index (κ1) is 29.8. The van der Waals surface area contributed by atoms with Crippen LogP contribution in [0.15, 0.2) is 102 Å². The van der Waals surface area contributed by atoms with E-state index in [4.69, 9.17) is 22.1 Å². The maximum atomic E-state index is 11.0. The quantitative estimate of drug-likeness (QED) is 0.137. The Morgan fingerprint density at radius 1 is 0.717 bits per heavy atom. The SMILES string of the molecule is CCN(CC)c1ccc2c(c1)Oc1cc(N(CC)CC)ccc1C21c2ccccc2C(=S)N1/N=C/c1cc2ccccc2cc1O. The summed E-state index contributed by atoms with van der Waals surface area (Å²) in [5.74, 6) is 1.73. The number of hydrogen-bond acceptors (Lipinski definition) is 6. The third kappa shape index (κ3) is 4.52. The maximum Gasteiger partial charge on any atom is 0.147 e. The molecule has 2 aliphatic rings. The first-order valence-electron chi connectivity index (χ1n) is 16.1. The molecule has 0 unspecified atom stereocenters. The van der Waals surface area contributed by atoms with E-state index >= 15 is 0 Å². The van der Waals surface area contributed by atoms with Gasteiger partial charge in [0.2, 0.25) is 0 Å². The van der Waals surface area contributed by atoms with Gasteiger partial charge in [0.15, 0.2) is 0 Å². The van der Waals surface area contributed by atoms with Crippen LogP contribution in [0.5, 0.6) is 17.2 Å². The normalized spacial score (nSPS) is 14.3. The molecule has 0 saturated heterocycles. The minimum Gasteiger partial charge on any atom is -0.507 e. The van der Waals surface area contributed by atoms with Gasteiger partial charge in [-0.05, 0) is 68.3 Å². The Bertz CT molecular complexity index is 1930. The summed E-state index contributed by atoms with van der Waals surface area (Å²) in [5.41, 5.74) is 5.89. The number of anilines is 2. The van der Waals surface area contributed by atoms with E-state index in [-0.39, 0.29) is 5.75 Å². The van der Waals surface area contributed by atoms with Crippen LogP contribution in [0.4, 0.5) is 11.4 Å². The summed E-state index contributed by atoms with van der Waals surface area (Å²) in [4.78, 5) is 5.26. The summed E-state index contributed by atoms with van der Waals surface area (Å²) in [6.07, 6.45) is 1.73. The van der Waals surface area contributed by atoms with Crippen LogP contribution < -0.4 is 14.5 Å². The van der Waals surface area contributed by atoms with Crippen molar-refractivity contribution < 1.29 is 9.84 Å². The highest BCUT2D eigenvalue weighted by atomic mass is 32.1. The Hall–Kier alpha value is -4.88. The molecule has 5 aromatic rings. The molecule has 0 aromatic heterocycles. The largest absolute Gasteiger partial charge is 0.507 e. The fraction of sp³-hybridized carbons (Fsp3) is 0.231. The van der Waals surface area contributed by atoms with Crippen LogP contribution in [0.3, 0.4) is 0 Å². The third-order valence-electron chi connectivity index (χ3n) is 9.45. The lowest BCUT2D eigenvalue weighted by atomic mass is 9.75. The van der Waals surface area contributed by atoms with Gasteiger partial charge in [-0.2, -0.15) is 5.10 Å². The van der Waals surface area contributed by atoms with Crippen molar-refractivity contribution in [1.82, 2.24) is 5.01 Å². The highest BCUT2D eigenvalue weighted by Gasteiger charge is 2.55. The predicted octanol–water partition coefficient (Wildman–Crippen LogP) is 8.66. The molecule has 6 nitrogen and oxygen atoms in total. The number of hydrogen-bond donors (Lipinski definition) is 1. The maximum absolute atomic E-state index is 11.0. The van der Waals surface area contributed by atoms with Gasteiger partial charge >= 0.3 is 0 Å². The number of nitrogens with zero attached hydrogens (tertiary/aromatic N) is 4. The average Bonchev–Trinajstić information content (AvgIpc) is 3.32. The lowest BCUT2D eigenvalue weighted by Crippen LogP contribution is -2.44. The molecule has 0 amide bonds. The van der Waals surface area contributed by atoms with Crippen molar-refractivity contribution in [3.05, 3.63) is 125 Å². The van der Waals surface area contributed by atoms with E-state index in [2.05, 4.69) is 92.1 Å². The molecular formula is C39H38N4O2S. The van der Waals surface area contributed by atoms with Crippen LogP contribution in [-0.2, 0) is 5.54 Å². The molecule has 0 aliphatic carbocycles. The van der Waals surface area contributed by atoms with Crippen LogP contribution in [-0.4, -0.2) is 47.5 Å². The predicted molar refractivity (Wildman–Crippen MR) is 193 cm³/mol. The van der Waals surface area contributed by atoms with Crippen molar-refractivity contribution in [1.29, 1.82) is 0 Å². The van der Waals surface area contributed by atoms with E-state index in [1.165, 1.54) is 0 Å². The molecule has 0 saturated carbocycles. The molecule has 0 fully saturated rings. The van der Waals surface area contributed by atoms with Crippen molar-refractivity contribution >= 4 is 45.6 Å². The van der Waals surface area contributed by atoms with E-state index in [0.29, 0.717) is 10.6 Å². The van der Waals surface area contributed by atoms with Crippen molar-refractivity contribution in [2.24, 2.45) is 5.10 Å². The average molecular weight is 627 g/mol. The van der Waals surface area contributed by atoms with Crippen LogP contribution >= 0.6 is 12.2 Å². The molecule has 2 aliphatic heterocycles. The summed E-state index contributed by atoms with van der Waals surface area (Å²) >= 11 is 6.23. The van der Waals surface area contributed by atoms with Crippen LogP contribution in [0.1, 0.15) is 55.5 Å². The van der Waals surface area contributed by atoms with E-state index in [1.807, 2.05) is 41.4 Å². The van der Waals surface area contributed by atoms with Crippen molar-refractivity contribution in [3.8, 4) is 17.2 Å². The zero-order valence-corrected chi connectivity index (χ0v) is 27.5. The zero-order chi connectivity index (χ0) is 32.0. The van der Waals surface area contributed by atoms with E-state index in [1.54, 1.807) is 12.3 Å². The first-order valence-corrected chi connectivity index (χ1v) is 16.5. The van der Waals surface area contributed by atoms with Gasteiger partial charge in [-0.3, -0.25) is 0 Å². The van der Waals surface area contributed by atoms with Gasteiger partial charge in [-0.15, -0.1) is 0 Å². The topological polar surface area (TPSA) is 51.5 Å². The number of thiocarbonyl (C=S) groups is 1. The van der Waals surface area contributed by atoms with Gasteiger partial charge in [0.05, 0.1) is 6.21 Å². The molecule has 0 bridgehead atoms. The second kappa shape index (κ2) is 11.8. The van der Waals surface area contributed by atoms with Crippen LogP contribution in [0, 0.1) is 0 Å². The molecule has 1 spiro atoms. The Kier molecular flexibility index (Phi) is 7.65. The molecule has 7 heteroatoms. The summed E-state index contributed by atoms with van der Waals surface area (Å²) in [6.45, 7) is 12.2. The number of benzene rings is 5. The number of phenolic OH excluding ortho intramolecular Hbond substituents is 1. The van der Waals surface area contributed by atoms with Crippen molar-refractivity contribution in [3.63, 3.8) is 0 Å². The monoisotopic (exact) mass is 626 g/mol. The molecule has 232 valence electrons. The molecule has 5 aromatic carbocycles. The lowest BCUT2D eigenvalue weighted by molar-refractivity contribution is 0.269. The smallest absolute Gasteiger partial charge is 0.147 e. The number of fused-ring (bicyclic) bond motifs is 7. The number of aromatic hydroxyl groups is 1. The third-order valence-corrected chi connectivity index (χ3v) is 9.84. The highest BCUT2D eigenvalue weighted by molar-refractivity contribution is 7.80. The Labute approximate surface area is 276 Å². The minimum atomic E-state index is -0.886. The van der Waals surface area contributed by atoms with Crippen molar-refractivity contribution in [2.45, 2.75) is 33.2 Å².